The fourth-order valence-corrected chi connectivity index (χ4v) is 7.88. The summed E-state index contributed by atoms with van der Waals surface area (Å²) >= 11 is 0. The van der Waals surface area contributed by atoms with Crippen molar-refractivity contribution in [3.05, 3.63) is 85.1 Å². The van der Waals surface area contributed by atoms with Crippen LogP contribution in [0.3, 0.4) is 0 Å². The molecule has 0 aliphatic rings. The molecule has 0 fully saturated rings. The SMILES string of the molecule is CC/C=C\C/C=C\C/C=C\CCCCCCCCCCCC(=O)OCC(COC(=O)CCCCCCC/C=C\CCCCC)OC(=O)CCCCCCCCCCC/C=C\C/C=C\C/C=C\CC. The summed E-state index contributed by atoms with van der Waals surface area (Å²) in [5, 5.41) is 0. The number of esters is 3. The molecule has 0 heterocycles. The Morgan fingerprint density at radius 2 is 0.574 bits per heavy atom. The lowest BCUT2D eigenvalue weighted by Crippen LogP contribution is -2.30. The Hall–Kier alpha value is -3.41. The molecule has 0 spiro atoms. The number of rotatable bonds is 51. The molecule has 0 aromatic heterocycles. The lowest BCUT2D eigenvalue weighted by Gasteiger charge is -2.18. The van der Waals surface area contributed by atoms with Gasteiger partial charge in [-0.15, -0.1) is 0 Å². The van der Waals surface area contributed by atoms with E-state index < -0.39 is 6.10 Å². The zero-order valence-corrected chi connectivity index (χ0v) is 44.6. The summed E-state index contributed by atoms with van der Waals surface area (Å²) in [6.07, 6.45) is 72.8. The van der Waals surface area contributed by atoms with Crippen molar-refractivity contribution in [2.75, 3.05) is 13.2 Å². The molecule has 390 valence electrons. The van der Waals surface area contributed by atoms with Gasteiger partial charge in [-0.05, 0) is 109 Å². The van der Waals surface area contributed by atoms with E-state index in [0.29, 0.717) is 19.3 Å². The molecule has 0 aromatic rings. The van der Waals surface area contributed by atoms with E-state index in [1.54, 1.807) is 0 Å². The molecular weight excluding hydrogens is 841 g/mol. The van der Waals surface area contributed by atoms with E-state index in [9.17, 15) is 14.4 Å². The first kappa shape index (κ1) is 64.6. The Balaban J connectivity index is 4.36. The van der Waals surface area contributed by atoms with Crippen LogP contribution in [0.25, 0.3) is 0 Å². The summed E-state index contributed by atoms with van der Waals surface area (Å²) in [7, 11) is 0. The Bertz CT molecular complexity index is 1320. The minimum Gasteiger partial charge on any atom is -0.462 e. The highest BCUT2D eigenvalue weighted by molar-refractivity contribution is 5.71. The van der Waals surface area contributed by atoms with E-state index in [0.717, 1.165) is 103 Å². The predicted molar refractivity (Wildman–Crippen MR) is 293 cm³/mol. The van der Waals surface area contributed by atoms with Crippen molar-refractivity contribution in [3.8, 4) is 0 Å². The average Bonchev–Trinajstić information content (AvgIpc) is 3.34. The highest BCUT2D eigenvalue weighted by atomic mass is 16.6. The van der Waals surface area contributed by atoms with Gasteiger partial charge in [0.2, 0.25) is 0 Å². The van der Waals surface area contributed by atoms with Crippen LogP contribution in [-0.4, -0.2) is 37.2 Å². The smallest absolute Gasteiger partial charge is 0.306 e. The second-order valence-corrected chi connectivity index (χ2v) is 18.8. The van der Waals surface area contributed by atoms with Crippen molar-refractivity contribution < 1.29 is 28.6 Å². The molecule has 1 atom stereocenters. The summed E-state index contributed by atoms with van der Waals surface area (Å²) in [6, 6.07) is 0. The zero-order chi connectivity index (χ0) is 49.3. The van der Waals surface area contributed by atoms with Gasteiger partial charge >= 0.3 is 17.9 Å². The van der Waals surface area contributed by atoms with Crippen LogP contribution in [-0.2, 0) is 28.6 Å². The quantitative estimate of drug-likeness (QED) is 0.0262. The summed E-state index contributed by atoms with van der Waals surface area (Å²) < 4.78 is 16.9. The number of hydrogen-bond donors (Lipinski definition) is 0. The maximum Gasteiger partial charge on any atom is 0.306 e. The van der Waals surface area contributed by atoms with E-state index in [-0.39, 0.29) is 31.1 Å². The molecule has 6 heteroatoms. The van der Waals surface area contributed by atoms with Crippen molar-refractivity contribution in [2.24, 2.45) is 0 Å². The average molecular weight is 948 g/mol. The van der Waals surface area contributed by atoms with Gasteiger partial charge in [-0.25, -0.2) is 0 Å². The van der Waals surface area contributed by atoms with E-state index in [1.165, 1.54) is 128 Å². The van der Waals surface area contributed by atoms with Gasteiger partial charge in [0.25, 0.3) is 0 Å². The number of allylic oxidation sites excluding steroid dienone is 14. The fraction of sp³-hybridized carbons (Fsp3) is 0.726. The molecular formula is C62H106O6. The Morgan fingerprint density at radius 3 is 0.912 bits per heavy atom. The first-order valence-electron chi connectivity index (χ1n) is 28.6. The lowest BCUT2D eigenvalue weighted by molar-refractivity contribution is -0.167. The number of carbonyl (C=O) groups is 3. The molecule has 68 heavy (non-hydrogen) atoms. The third-order valence-corrected chi connectivity index (χ3v) is 12.1. The van der Waals surface area contributed by atoms with Gasteiger partial charge in [0.1, 0.15) is 13.2 Å². The monoisotopic (exact) mass is 947 g/mol. The number of ether oxygens (including phenoxy) is 3. The van der Waals surface area contributed by atoms with Crippen LogP contribution in [0.4, 0.5) is 0 Å². The van der Waals surface area contributed by atoms with E-state index in [2.05, 4.69) is 106 Å². The van der Waals surface area contributed by atoms with Crippen molar-refractivity contribution in [1.29, 1.82) is 0 Å². The van der Waals surface area contributed by atoms with Gasteiger partial charge in [-0.2, -0.15) is 0 Å². The maximum atomic E-state index is 12.9. The minimum atomic E-state index is -0.785. The number of hydrogen-bond acceptors (Lipinski definition) is 6. The van der Waals surface area contributed by atoms with Crippen LogP contribution in [0.15, 0.2) is 85.1 Å². The first-order chi connectivity index (χ1) is 33.5. The van der Waals surface area contributed by atoms with Crippen molar-refractivity contribution in [3.63, 3.8) is 0 Å². The largest absolute Gasteiger partial charge is 0.462 e. The third-order valence-electron chi connectivity index (χ3n) is 12.1. The van der Waals surface area contributed by atoms with Crippen LogP contribution in [0.2, 0.25) is 0 Å². The molecule has 1 unspecified atom stereocenters. The van der Waals surface area contributed by atoms with Crippen molar-refractivity contribution in [1.82, 2.24) is 0 Å². The molecule has 0 rings (SSSR count). The molecule has 0 saturated heterocycles. The van der Waals surface area contributed by atoms with Crippen LogP contribution >= 0.6 is 0 Å². The standard InChI is InChI=1S/C62H106O6/c1-4-7-10-13-16-19-22-25-27-29-31-33-35-37-40-43-46-49-52-55-61(64)67-58-59(57-66-60(63)54-51-48-45-42-39-24-21-18-15-12-9-6-3)68-62(65)56-53-50-47-44-41-38-36-34-32-30-28-26-23-20-17-14-11-8-5-2/h7-8,10-11,16-21,25-28,59H,4-6,9,12-15,22-24,29-58H2,1-3H3/b10-7-,11-8-,19-16-,20-17-,21-18-,27-25-,28-26-. The van der Waals surface area contributed by atoms with Crippen LogP contribution in [0.1, 0.15) is 271 Å². The zero-order valence-electron chi connectivity index (χ0n) is 44.6. The summed E-state index contributed by atoms with van der Waals surface area (Å²) in [6.45, 7) is 6.39. The molecule has 0 aromatic carbocycles. The molecule has 0 aliphatic carbocycles. The Labute approximate surface area is 420 Å². The van der Waals surface area contributed by atoms with E-state index in [1.807, 2.05) is 0 Å². The highest BCUT2D eigenvalue weighted by Crippen LogP contribution is 2.15. The topological polar surface area (TPSA) is 78.9 Å². The molecule has 0 radical (unpaired) electrons. The summed E-state index contributed by atoms with van der Waals surface area (Å²) in [5.74, 6) is -0.898. The van der Waals surface area contributed by atoms with Gasteiger partial charge in [-0.1, -0.05) is 228 Å². The molecule has 0 N–H and O–H groups in total. The molecule has 0 aliphatic heterocycles. The minimum absolute atomic E-state index is 0.0838. The molecule has 0 bridgehead atoms. The number of carbonyl (C=O) groups excluding carboxylic acids is 3. The maximum absolute atomic E-state index is 12.9. The third kappa shape index (κ3) is 53.5. The van der Waals surface area contributed by atoms with Gasteiger partial charge in [-0.3, -0.25) is 14.4 Å². The van der Waals surface area contributed by atoms with E-state index in [4.69, 9.17) is 14.2 Å². The molecule has 6 nitrogen and oxygen atoms in total. The van der Waals surface area contributed by atoms with Crippen LogP contribution in [0, 0.1) is 0 Å². The second kappa shape index (κ2) is 56.2. The molecule has 0 amide bonds. The van der Waals surface area contributed by atoms with Crippen LogP contribution < -0.4 is 0 Å². The Kier molecular flexibility index (Phi) is 53.4. The van der Waals surface area contributed by atoms with Gasteiger partial charge in [0.05, 0.1) is 0 Å². The number of unbranched alkanes of at least 4 members (excludes halogenated alkanes) is 26. The van der Waals surface area contributed by atoms with Crippen molar-refractivity contribution >= 4 is 17.9 Å². The second-order valence-electron chi connectivity index (χ2n) is 18.8. The Morgan fingerprint density at radius 1 is 0.309 bits per heavy atom. The first-order valence-corrected chi connectivity index (χ1v) is 28.6. The highest BCUT2D eigenvalue weighted by Gasteiger charge is 2.19. The van der Waals surface area contributed by atoms with Crippen LogP contribution in [0.5, 0.6) is 0 Å². The molecule has 0 saturated carbocycles. The van der Waals surface area contributed by atoms with Gasteiger partial charge in [0.15, 0.2) is 6.10 Å². The predicted octanol–water partition coefficient (Wildman–Crippen LogP) is 19.2. The van der Waals surface area contributed by atoms with Crippen molar-refractivity contribution in [2.45, 2.75) is 277 Å². The van der Waals surface area contributed by atoms with E-state index >= 15 is 0 Å². The normalized spacial score (nSPS) is 12.7. The van der Waals surface area contributed by atoms with Gasteiger partial charge < -0.3 is 14.2 Å². The summed E-state index contributed by atoms with van der Waals surface area (Å²) in [4.78, 5) is 38.1. The summed E-state index contributed by atoms with van der Waals surface area (Å²) in [5.41, 5.74) is 0. The van der Waals surface area contributed by atoms with Gasteiger partial charge in [0, 0.05) is 19.3 Å². The fourth-order valence-electron chi connectivity index (χ4n) is 7.88. The lowest BCUT2D eigenvalue weighted by atomic mass is 10.1.